The molecule has 2 amide bonds. The molecule has 21 heavy (non-hydrogen) atoms. The van der Waals surface area contributed by atoms with E-state index in [0.29, 0.717) is 24.2 Å². The van der Waals surface area contributed by atoms with Crippen LogP contribution >= 0.6 is 0 Å². The van der Waals surface area contributed by atoms with E-state index in [2.05, 4.69) is 10.6 Å². The molecular formula is C16H22N2O3. The topological polar surface area (TPSA) is 67.4 Å². The van der Waals surface area contributed by atoms with Gasteiger partial charge in [0.15, 0.2) is 0 Å². The highest BCUT2D eigenvalue weighted by molar-refractivity contribution is 5.97. The SMILES string of the molecule is CCCC(=O)Nc1cccc(C(=O)NC[C@H]2CCCO2)c1. The third kappa shape index (κ3) is 4.86. The van der Waals surface area contributed by atoms with Gasteiger partial charge in [-0.2, -0.15) is 0 Å². The number of hydrogen-bond acceptors (Lipinski definition) is 3. The van der Waals surface area contributed by atoms with Gasteiger partial charge in [-0.05, 0) is 37.5 Å². The summed E-state index contributed by atoms with van der Waals surface area (Å²) in [6.45, 7) is 3.26. The molecule has 1 aromatic carbocycles. The second-order valence-corrected chi connectivity index (χ2v) is 5.22. The van der Waals surface area contributed by atoms with Gasteiger partial charge < -0.3 is 15.4 Å². The molecule has 1 saturated heterocycles. The molecule has 5 heteroatoms. The molecule has 2 rings (SSSR count). The van der Waals surface area contributed by atoms with E-state index in [-0.39, 0.29) is 17.9 Å². The Kier molecular flexibility index (Phi) is 5.75. The molecule has 2 N–H and O–H groups in total. The molecule has 0 aliphatic carbocycles. The average Bonchev–Trinajstić information content (AvgIpc) is 2.98. The highest BCUT2D eigenvalue weighted by atomic mass is 16.5. The van der Waals surface area contributed by atoms with Crippen LogP contribution in [0.25, 0.3) is 0 Å². The van der Waals surface area contributed by atoms with Gasteiger partial charge in [0.2, 0.25) is 5.91 Å². The van der Waals surface area contributed by atoms with Crippen LogP contribution in [-0.4, -0.2) is 31.1 Å². The quantitative estimate of drug-likeness (QED) is 0.845. The maximum absolute atomic E-state index is 12.1. The van der Waals surface area contributed by atoms with Crippen molar-refractivity contribution in [3.05, 3.63) is 29.8 Å². The Balaban J connectivity index is 1.89. The lowest BCUT2D eigenvalue weighted by molar-refractivity contribution is -0.116. The van der Waals surface area contributed by atoms with Gasteiger partial charge in [0, 0.05) is 30.8 Å². The summed E-state index contributed by atoms with van der Waals surface area (Å²) in [7, 11) is 0. The minimum absolute atomic E-state index is 0.0330. The highest BCUT2D eigenvalue weighted by Crippen LogP contribution is 2.13. The number of rotatable bonds is 6. The Morgan fingerprint density at radius 3 is 2.95 bits per heavy atom. The number of anilines is 1. The van der Waals surface area contributed by atoms with E-state index in [1.807, 2.05) is 6.92 Å². The Bertz CT molecular complexity index is 496. The van der Waals surface area contributed by atoms with Crippen LogP contribution in [0.5, 0.6) is 0 Å². The van der Waals surface area contributed by atoms with Crippen molar-refractivity contribution < 1.29 is 14.3 Å². The van der Waals surface area contributed by atoms with E-state index < -0.39 is 0 Å². The molecule has 114 valence electrons. The summed E-state index contributed by atoms with van der Waals surface area (Å²) in [6, 6.07) is 6.98. The lowest BCUT2D eigenvalue weighted by Gasteiger charge is -2.11. The zero-order valence-electron chi connectivity index (χ0n) is 12.4. The molecule has 1 aliphatic rings. The van der Waals surface area contributed by atoms with Gasteiger partial charge in [-0.3, -0.25) is 9.59 Å². The van der Waals surface area contributed by atoms with Crippen molar-refractivity contribution in [2.75, 3.05) is 18.5 Å². The van der Waals surface area contributed by atoms with Crippen LogP contribution < -0.4 is 10.6 Å². The second-order valence-electron chi connectivity index (χ2n) is 5.22. The van der Waals surface area contributed by atoms with Crippen molar-refractivity contribution in [1.29, 1.82) is 0 Å². The van der Waals surface area contributed by atoms with Gasteiger partial charge >= 0.3 is 0 Å². The molecule has 1 aromatic rings. The molecule has 0 bridgehead atoms. The lowest BCUT2D eigenvalue weighted by Crippen LogP contribution is -2.31. The van der Waals surface area contributed by atoms with E-state index in [9.17, 15) is 9.59 Å². The molecule has 1 heterocycles. The summed E-state index contributed by atoms with van der Waals surface area (Å²) in [5.41, 5.74) is 1.19. The van der Waals surface area contributed by atoms with Crippen molar-refractivity contribution in [3.63, 3.8) is 0 Å². The number of nitrogens with one attached hydrogen (secondary N) is 2. The number of amides is 2. The first-order valence-corrected chi connectivity index (χ1v) is 7.48. The van der Waals surface area contributed by atoms with Crippen LogP contribution in [-0.2, 0) is 9.53 Å². The number of carbonyl (C=O) groups is 2. The second kappa shape index (κ2) is 7.78. The van der Waals surface area contributed by atoms with Crippen LogP contribution in [0.2, 0.25) is 0 Å². The third-order valence-corrected chi connectivity index (χ3v) is 3.40. The van der Waals surface area contributed by atoms with Crippen LogP contribution in [0.4, 0.5) is 5.69 Å². The standard InChI is InChI=1S/C16H22N2O3/c1-2-5-15(19)18-13-7-3-6-12(10-13)16(20)17-11-14-8-4-9-21-14/h3,6-7,10,14H,2,4-5,8-9,11H2,1H3,(H,17,20)(H,18,19)/t14-/m1/s1. The summed E-state index contributed by atoms with van der Waals surface area (Å²) in [5.74, 6) is -0.175. The predicted molar refractivity (Wildman–Crippen MR) is 81.3 cm³/mol. The van der Waals surface area contributed by atoms with Crippen molar-refractivity contribution in [2.45, 2.75) is 38.7 Å². The Labute approximate surface area is 125 Å². The zero-order chi connectivity index (χ0) is 15.1. The van der Waals surface area contributed by atoms with E-state index in [0.717, 1.165) is 25.9 Å². The minimum Gasteiger partial charge on any atom is -0.376 e. The van der Waals surface area contributed by atoms with Gasteiger partial charge in [-0.15, -0.1) is 0 Å². The number of hydrogen-bond donors (Lipinski definition) is 2. The molecule has 0 aromatic heterocycles. The van der Waals surface area contributed by atoms with E-state index in [4.69, 9.17) is 4.74 Å². The summed E-state index contributed by atoms with van der Waals surface area (Å²) in [5, 5.41) is 5.66. The summed E-state index contributed by atoms with van der Waals surface area (Å²) in [4.78, 5) is 23.7. The molecule has 1 atom stereocenters. The van der Waals surface area contributed by atoms with Crippen LogP contribution in [0.3, 0.4) is 0 Å². The Hall–Kier alpha value is -1.88. The first kappa shape index (κ1) is 15.5. The van der Waals surface area contributed by atoms with Crippen molar-refractivity contribution in [1.82, 2.24) is 5.32 Å². The normalized spacial score (nSPS) is 17.5. The van der Waals surface area contributed by atoms with Crippen molar-refractivity contribution >= 4 is 17.5 Å². The van der Waals surface area contributed by atoms with E-state index in [1.165, 1.54) is 0 Å². The van der Waals surface area contributed by atoms with E-state index in [1.54, 1.807) is 24.3 Å². The van der Waals surface area contributed by atoms with Gasteiger partial charge in [0.1, 0.15) is 0 Å². The number of carbonyl (C=O) groups excluding carboxylic acids is 2. The molecule has 0 saturated carbocycles. The summed E-state index contributed by atoms with van der Waals surface area (Å²) >= 11 is 0. The fourth-order valence-electron chi connectivity index (χ4n) is 2.30. The average molecular weight is 290 g/mol. The largest absolute Gasteiger partial charge is 0.376 e. The first-order chi connectivity index (χ1) is 10.2. The predicted octanol–water partition coefficient (Wildman–Crippen LogP) is 2.33. The van der Waals surface area contributed by atoms with Gasteiger partial charge in [-0.25, -0.2) is 0 Å². The van der Waals surface area contributed by atoms with E-state index >= 15 is 0 Å². The monoisotopic (exact) mass is 290 g/mol. The first-order valence-electron chi connectivity index (χ1n) is 7.48. The van der Waals surface area contributed by atoms with Gasteiger partial charge in [0.25, 0.3) is 5.91 Å². The number of benzene rings is 1. The fraction of sp³-hybridized carbons (Fsp3) is 0.500. The molecule has 1 aliphatic heterocycles. The van der Waals surface area contributed by atoms with Crippen LogP contribution in [0.15, 0.2) is 24.3 Å². The summed E-state index contributed by atoms with van der Waals surface area (Å²) in [6.07, 6.45) is 3.46. The fourth-order valence-corrected chi connectivity index (χ4v) is 2.30. The van der Waals surface area contributed by atoms with Crippen LogP contribution in [0, 0.1) is 0 Å². The Morgan fingerprint density at radius 1 is 1.38 bits per heavy atom. The summed E-state index contributed by atoms with van der Waals surface area (Å²) < 4.78 is 5.47. The highest BCUT2D eigenvalue weighted by Gasteiger charge is 2.16. The molecule has 0 unspecified atom stereocenters. The molecule has 0 radical (unpaired) electrons. The minimum atomic E-state index is -0.142. The maximum Gasteiger partial charge on any atom is 0.251 e. The van der Waals surface area contributed by atoms with Gasteiger partial charge in [-0.1, -0.05) is 13.0 Å². The maximum atomic E-state index is 12.1. The lowest BCUT2D eigenvalue weighted by atomic mass is 10.1. The van der Waals surface area contributed by atoms with Crippen molar-refractivity contribution in [2.24, 2.45) is 0 Å². The van der Waals surface area contributed by atoms with Gasteiger partial charge in [0.05, 0.1) is 6.10 Å². The zero-order valence-corrected chi connectivity index (χ0v) is 12.4. The van der Waals surface area contributed by atoms with Crippen molar-refractivity contribution in [3.8, 4) is 0 Å². The molecule has 5 nitrogen and oxygen atoms in total. The smallest absolute Gasteiger partial charge is 0.251 e. The number of ether oxygens (including phenoxy) is 1. The molecular weight excluding hydrogens is 268 g/mol. The molecule has 0 spiro atoms. The third-order valence-electron chi connectivity index (χ3n) is 3.40. The molecule has 1 fully saturated rings. The van der Waals surface area contributed by atoms with Crippen LogP contribution in [0.1, 0.15) is 43.0 Å². The Morgan fingerprint density at radius 2 is 2.24 bits per heavy atom.